The number of aliphatic hydroxyl groups is 2. The molecule has 0 radical (unpaired) electrons. The van der Waals surface area contributed by atoms with Crippen LogP contribution in [0.4, 0.5) is 19.4 Å². The minimum Gasteiger partial charge on any atom is -0.480 e. The third-order valence-electron chi connectivity index (χ3n) is 4.07. The number of aliphatic carboxylic acids is 1. The Hall–Kier alpha value is -3.21. The fourth-order valence-corrected chi connectivity index (χ4v) is 2.51. The first-order valence-electron chi connectivity index (χ1n) is 8.58. The average Bonchev–Trinajstić information content (AvgIpc) is 2.93. The quantitative estimate of drug-likeness (QED) is 0.237. The Morgan fingerprint density at radius 2 is 2.10 bits per heavy atom. The van der Waals surface area contributed by atoms with Crippen LogP contribution in [0.5, 0.6) is 0 Å². The van der Waals surface area contributed by atoms with Gasteiger partial charge in [0.15, 0.2) is 12.1 Å². The summed E-state index contributed by atoms with van der Waals surface area (Å²) < 4.78 is 38.0. The zero-order chi connectivity index (χ0) is 23.3. The van der Waals surface area contributed by atoms with E-state index in [2.05, 4.69) is 9.72 Å². The summed E-state index contributed by atoms with van der Waals surface area (Å²) in [6.45, 7) is -2.19. The van der Waals surface area contributed by atoms with Crippen LogP contribution < -0.4 is 22.1 Å². The molecule has 4 atom stereocenters. The summed E-state index contributed by atoms with van der Waals surface area (Å²) in [6.07, 6.45) is -6.68. The smallest absolute Gasteiger partial charge is 0.412 e. The number of halogens is 2. The van der Waals surface area contributed by atoms with E-state index >= 15 is 0 Å². The number of carboxylic acids is 1. The molecule has 2 rings (SSSR count). The molecule has 0 aromatic carbocycles. The summed E-state index contributed by atoms with van der Waals surface area (Å²) in [4.78, 5) is 49.4. The number of nitrogens with two attached hydrogens (primary N) is 1. The van der Waals surface area contributed by atoms with E-state index < -0.39 is 79.6 Å². The second kappa shape index (κ2) is 9.73. The Bertz CT molecular complexity index is 896. The van der Waals surface area contributed by atoms with Crippen molar-refractivity contribution in [2.45, 2.75) is 30.4 Å². The summed E-state index contributed by atoms with van der Waals surface area (Å²) in [6, 6.07) is -0.651. The molecule has 14 nitrogen and oxygen atoms in total. The number of alkyl halides is 2. The minimum atomic E-state index is -3.91. The van der Waals surface area contributed by atoms with Gasteiger partial charge in [-0.25, -0.2) is 14.4 Å². The van der Waals surface area contributed by atoms with Gasteiger partial charge < -0.3 is 35.8 Å². The van der Waals surface area contributed by atoms with Crippen molar-refractivity contribution in [3.05, 3.63) is 22.7 Å². The maximum absolute atomic E-state index is 14.1. The van der Waals surface area contributed by atoms with Gasteiger partial charge in [-0.05, 0) is 6.07 Å². The number of hydrogen-bond donors (Lipinski definition) is 6. The van der Waals surface area contributed by atoms with Crippen LogP contribution in [-0.4, -0.2) is 86.8 Å². The number of amides is 2. The molecule has 1 saturated heterocycles. The number of anilines is 1. The number of nitrogens with zero attached hydrogens (tertiary/aromatic N) is 2. The zero-order valence-corrected chi connectivity index (χ0v) is 15.6. The Morgan fingerprint density at radius 1 is 1.42 bits per heavy atom. The van der Waals surface area contributed by atoms with Crippen molar-refractivity contribution < 1.29 is 48.0 Å². The van der Waals surface area contributed by atoms with E-state index in [1.54, 1.807) is 0 Å². The predicted molar refractivity (Wildman–Crippen MR) is 94.0 cm³/mol. The number of aliphatic hydroxyl groups excluding tert-OH is 2. The Labute approximate surface area is 171 Å². The molecule has 1 aliphatic rings. The van der Waals surface area contributed by atoms with Crippen LogP contribution in [0, 0.1) is 0 Å². The van der Waals surface area contributed by atoms with Gasteiger partial charge in [-0.15, -0.1) is 0 Å². The van der Waals surface area contributed by atoms with Crippen LogP contribution in [0.1, 0.15) is 6.23 Å². The van der Waals surface area contributed by atoms with Gasteiger partial charge in [-0.3, -0.25) is 14.7 Å². The van der Waals surface area contributed by atoms with Crippen LogP contribution in [0.15, 0.2) is 17.1 Å². The summed E-state index contributed by atoms with van der Waals surface area (Å²) in [5.74, 6) is -6.64. The molecule has 7 N–H and O–H groups in total. The molecule has 2 amide bonds. The topological polar surface area (TPSA) is 215 Å². The second-order valence-corrected chi connectivity index (χ2v) is 6.22. The first-order valence-corrected chi connectivity index (χ1v) is 8.58. The number of ether oxygens (including phenoxy) is 2. The lowest BCUT2D eigenvalue weighted by Gasteiger charge is -2.21. The standard InChI is InChI=1S/C15H19F2N5O9/c16-15(17)10(25)7(4-23)31-12(15)22-2-1-8(20-13(22)28)21-14(29)30-5-6(11(26)27)19-9(24)3-18/h1-2,6-7,10,12,23,25H,3-5,18H2,(H,19,24)(H,26,27)(H,20,21,28,29)/t6-,7+,10+,12+/m0/s1. The summed E-state index contributed by atoms with van der Waals surface area (Å²) in [5, 5.41) is 31.4. The van der Waals surface area contributed by atoms with E-state index in [-0.39, 0.29) is 0 Å². The maximum atomic E-state index is 14.1. The fraction of sp³-hybridized carbons (Fsp3) is 0.533. The minimum absolute atomic E-state index is 0.359. The molecule has 0 spiro atoms. The molecule has 1 aromatic rings. The molecule has 0 saturated carbocycles. The first kappa shape index (κ1) is 24.1. The third kappa shape index (κ3) is 5.48. The Morgan fingerprint density at radius 3 is 2.61 bits per heavy atom. The largest absolute Gasteiger partial charge is 0.480 e. The van der Waals surface area contributed by atoms with E-state index in [1.165, 1.54) is 0 Å². The molecule has 1 fully saturated rings. The van der Waals surface area contributed by atoms with Crippen molar-refractivity contribution in [1.82, 2.24) is 14.9 Å². The summed E-state index contributed by atoms with van der Waals surface area (Å²) in [5.41, 5.74) is 3.76. The molecule has 16 heteroatoms. The van der Waals surface area contributed by atoms with Crippen molar-refractivity contribution in [3.63, 3.8) is 0 Å². The fourth-order valence-electron chi connectivity index (χ4n) is 2.51. The van der Waals surface area contributed by atoms with Crippen molar-refractivity contribution in [2.24, 2.45) is 5.73 Å². The lowest BCUT2D eigenvalue weighted by Crippen LogP contribution is -2.46. The summed E-state index contributed by atoms with van der Waals surface area (Å²) in [7, 11) is 0. The number of hydrogen-bond acceptors (Lipinski definition) is 10. The Kier molecular flexibility index (Phi) is 7.55. The predicted octanol–water partition coefficient (Wildman–Crippen LogP) is -2.79. The molecule has 0 bridgehead atoms. The maximum Gasteiger partial charge on any atom is 0.412 e. The summed E-state index contributed by atoms with van der Waals surface area (Å²) >= 11 is 0. The van der Waals surface area contributed by atoms with Gasteiger partial charge in [0.05, 0.1) is 13.2 Å². The molecule has 1 aromatic heterocycles. The van der Waals surface area contributed by atoms with E-state index in [0.29, 0.717) is 4.57 Å². The monoisotopic (exact) mass is 451 g/mol. The molecule has 0 unspecified atom stereocenters. The highest BCUT2D eigenvalue weighted by molar-refractivity contribution is 5.86. The number of carbonyl (C=O) groups is 3. The van der Waals surface area contributed by atoms with Gasteiger partial charge >= 0.3 is 23.7 Å². The van der Waals surface area contributed by atoms with Gasteiger partial charge in [0.1, 0.15) is 18.5 Å². The number of carbonyl (C=O) groups excluding carboxylic acids is 2. The SMILES string of the molecule is NCC(=O)N[C@@H](COC(=O)Nc1ccn([C@@H]2O[C@H](CO)[C@@H](O)C2(F)F)c(=O)n1)C(=O)O. The first-order chi connectivity index (χ1) is 14.5. The van der Waals surface area contributed by atoms with Crippen LogP contribution in [-0.2, 0) is 19.1 Å². The van der Waals surface area contributed by atoms with E-state index in [9.17, 15) is 33.1 Å². The van der Waals surface area contributed by atoms with Crippen molar-refractivity contribution in [1.29, 1.82) is 0 Å². The van der Waals surface area contributed by atoms with Gasteiger partial charge in [0.25, 0.3) is 0 Å². The molecule has 31 heavy (non-hydrogen) atoms. The van der Waals surface area contributed by atoms with Gasteiger partial charge in [0.2, 0.25) is 12.1 Å². The number of rotatable bonds is 8. The second-order valence-electron chi connectivity index (χ2n) is 6.22. The highest BCUT2D eigenvalue weighted by Crippen LogP contribution is 2.41. The molecular weight excluding hydrogens is 432 g/mol. The Balaban J connectivity index is 2.04. The molecule has 2 heterocycles. The van der Waals surface area contributed by atoms with Crippen LogP contribution >= 0.6 is 0 Å². The number of aromatic nitrogens is 2. The molecular formula is C15H19F2N5O9. The van der Waals surface area contributed by atoms with Gasteiger partial charge in [0, 0.05) is 6.20 Å². The van der Waals surface area contributed by atoms with Crippen LogP contribution in [0.3, 0.4) is 0 Å². The van der Waals surface area contributed by atoms with E-state index in [4.69, 9.17) is 20.7 Å². The number of nitrogens with one attached hydrogen (secondary N) is 2. The highest BCUT2D eigenvalue weighted by atomic mass is 19.3. The van der Waals surface area contributed by atoms with Crippen LogP contribution in [0.2, 0.25) is 0 Å². The van der Waals surface area contributed by atoms with Crippen molar-refractivity contribution in [2.75, 3.05) is 25.1 Å². The normalized spacial score (nSPS) is 23.1. The van der Waals surface area contributed by atoms with E-state index in [0.717, 1.165) is 12.3 Å². The lowest BCUT2D eigenvalue weighted by molar-refractivity contribution is -0.142. The van der Waals surface area contributed by atoms with Gasteiger partial charge in [-0.1, -0.05) is 0 Å². The zero-order valence-electron chi connectivity index (χ0n) is 15.6. The lowest BCUT2D eigenvalue weighted by atomic mass is 10.1. The van der Waals surface area contributed by atoms with Crippen molar-refractivity contribution >= 4 is 23.8 Å². The van der Waals surface area contributed by atoms with Crippen LogP contribution in [0.25, 0.3) is 0 Å². The molecule has 172 valence electrons. The average molecular weight is 451 g/mol. The van der Waals surface area contributed by atoms with E-state index in [1.807, 2.05) is 10.6 Å². The van der Waals surface area contributed by atoms with Crippen molar-refractivity contribution in [3.8, 4) is 0 Å². The number of carboxylic acid groups (broad SMARTS) is 1. The molecule has 1 aliphatic heterocycles. The highest BCUT2D eigenvalue weighted by Gasteiger charge is 2.59. The van der Waals surface area contributed by atoms with Gasteiger partial charge in [-0.2, -0.15) is 13.8 Å². The molecule has 0 aliphatic carbocycles. The third-order valence-corrected chi connectivity index (χ3v) is 4.07.